The molecule has 0 amide bonds. The van der Waals surface area contributed by atoms with Gasteiger partial charge in [0.05, 0.1) is 26.2 Å². The summed E-state index contributed by atoms with van der Waals surface area (Å²) < 4.78 is 16.0. The average molecular weight is 376 g/mol. The van der Waals surface area contributed by atoms with Crippen LogP contribution in [0.2, 0.25) is 0 Å². The fourth-order valence-corrected chi connectivity index (χ4v) is 3.84. The molecule has 1 aromatic rings. The molecule has 1 saturated heterocycles. The van der Waals surface area contributed by atoms with Crippen molar-refractivity contribution in [3.63, 3.8) is 0 Å². The number of carbonyl (C=O) groups excluding carboxylic acids is 1. The smallest absolute Gasteiger partial charge is 0.342 e. The molecule has 146 valence electrons. The molecule has 2 heterocycles. The van der Waals surface area contributed by atoms with E-state index in [4.69, 9.17) is 14.2 Å². The predicted molar refractivity (Wildman–Crippen MR) is 96.0 cm³/mol. The van der Waals surface area contributed by atoms with E-state index in [0.29, 0.717) is 42.9 Å². The monoisotopic (exact) mass is 376 g/mol. The van der Waals surface area contributed by atoms with Crippen LogP contribution in [0.4, 0.5) is 0 Å². The maximum Gasteiger partial charge on any atom is 0.342 e. The van der Waals surface area contributed by atoms with Gasteiger partial charge in [-0.25, -0.2) is 4.79 Å². The summed E-state index contributed by atoms with van der Waals surface area (Å²) in [6.07, 6.45) is 2.89. The lowest BCUT2D eigenvalue weighted by atomic mass is 9.83. The molecule has 7 heteroatoms. The molecule has 2 atom stereocenters. The van der Waals surface area contributed by atoms with Gasteiger partial charge in [-0.05, 0) is 25.3 Å². The van der Waals surface area contributed by atoms with Crippen LogP contribution in [0.3, 0.4) is 0 Å². The highest BCUT2D eigenvalue weighted by molar-refractivity contribution is 5.98. The first-order chi connectivity index (χ1) is 12.9. The summed E-state index contributed by atoms with van der Waals surface area (Å²) in [5.74, 6) is -1.79. The van der Waals surface area contributed by atoms with Gasteiger partial charge in [0, 0.05) is 17.0 Å². The number of aliphatic carboxylic acids is 1. The molecule has 1 fully saturated rings. The van der Waals surface area contributed by atoms with Crippen molar-refractivity contribution >= 4 is 11.9 Å². The van der Waals surface area contributed by atoms with Crippen molar-refractivity contribution in [1.82, 2.24) is 0 Å². The van der Waals surface area contributed by atoms with E-state index < -0.39 is 17.9 Å². The van der Waals surface area contributed by atoms with Crippen LogP contribution in [0.5, 0.6) is 11.5 Å². The summed E-state index contributed by atoms with van der Waals surface area (Å²) in [7, 11) is 1.52. The van der Waals surface area contributed by atoms with Crippen molar-refractivity contribution in [3.05, 3.63) is 33.9 Å². The summed E-state index contributed by atoms with van der Waals surface area (Å²) in [6, 6.07) is 0. The molecule has 0 spiro atoms. The number of methoxy groups -OCH3 is 1. The topological polar surface area (TPSA) is 102 Å². The van der Waals surface area contributed by atoms with Crippen LogP contribution < -0.4 is 4.74 Å². The Morgan fingerprint density at radius 3 is 2.85 bits per heavy atom. The molecule has 2 N–H and O–H groups in total. The van der Waals surface area contributed by atoms with E-state index in [1.165, 1.54) is 7.11 Å². The van der Waals surface area contributed by atoms with Gasteiger partial charge in [0.25, 0.3) is 0 Å². The first kappa shape index (κ1) is 19.2. The molecular weight excluding hydrogens is 352 g/mol. The summed E-state index contributed by atoms with van der Waals surface area (Å²) >= 11 is 0. The van der Waals surface area contributed by atoms with Crippen molar-refractivity contribution in [2.24, 2.45) is 11.8 Å². The van der Waals surface area contributed by atoms with Gasteiger partial charge in [0.15, 0.2) is 0 Å². The zero-order valence-electron chi connectivity index (χ0n) is 15.7. The molecule has 0 aliphatic carbocycles. The number of carbonyl (C=O) groups is 2. The number of phenolic OH excluding ortho intramolecular Hbond substituents is 1. The molecule has 1 aromatic carbocycles. The van der Waals surface area contributed by atoms with Crippen LogP contribution in [0, 0.1) is 18.8 Å². The summed E-state index contributed by atoms with van der Waals surface area (Å²) in [4.78, 5) is 23.4. The Labute approximate surface area is 157 Å². The third-order valence-corrected chi connectivity index (χ3v) is 5.52. The minimum atomic E-state index is -0.868. The highest BCUT2D eigenvalue weighted by Crippen LogP contribution is 2.42. The number of carboxylic acid groups (broad SMARTS) is 1. The summed E-state index contributed by atoms with van der Waals surface area (Å²) in [5.41, 5.74) is 3.11. The van der Waals surface area contributed by atoms with Gasteiger partial charge in [-0.2, -0.15) is 0 Å². The predicted octanol–water partition coefficient (Wildman–Crippen LogP) is 2.61. The Morgan fingerprint density at radius 1 is 1.44 bits per heavy atom. The first-order valence-electron chi connectivity index (χ1n) is 8.94. The first-order valence-corrected chi connectivity index (χ1v) is 8.94. The molecule has 3 rings (SSSR count). The van der Waals surface area contributed by atoms with E-state index in [1.54, 1.807) is 6.92 Å². The van der Waals surface area contributed by atoms with Crippen LogP contribution in [0.1, 0.15) is 40.4 Å². The zero-order valence-corrected chi connectivity index (χ0v) is 15.7. The van der Waals surface area contributed by atoms with Crippen molar-refractivity contribution in [3.8, 4) is 11.5 Å². The number of carboxylic acids is 1. The maximum atomic E-state index is 12.0. The molecular formula is C20H24O7. The van der Waals surface area contributed by atoms with Crippen molar-refractivity contribution in [1.29, 1.82) is 0 Å². The third-order valence-electron chi connectivity index (χ3n) is 5.52. The Bertz CT molecular complexity index is 809. The molecule has 27 heavy (non-hydrogen) atoms. The van der Waals surface area contributed by atoms with E-state index in [9.17, 15) is 19.8 Å². The van der Waals surface area contributed by atoms with E-state index in [1.807, 2.05) is 13.0 Å². The van der Waals surface area contributed by atoms with Crippen LogP contribution in [0.15, 0.2) is 11.6 Å². The van der Waals surface area contributed by atoms with Crippen LogP contribution >= 0.6 is 0 Å². The van der Waals surface area contributed by atoms with Gasteiger partial charge in [-0.3, -0.25) is 4.79 Å². The Hall–Kier alpha value is -2.54. The number of hydrogen-bond acceptors (Lipinski definition) is 6. The quantitative estimate of drug-likeness (QED) is 0.601. The van der Waals surface area contributed by atoms with Crippen molar-refractivity contribution in [2.75, 3.05) is 20.3 Å². The van der Waals surface area contributed by atoms with Gasteiger partial charge in [-0.1, -0.05) is 18.6 Å². The normalized spacial score (nSPS) is 21.7. The highest BCUT2D eigenvalue weighted by atomic mass is 16.5. The number of aromatic hydroxyl groups is 1. The van der Waals surface area contributed by atoms with E-state index in [0.717, 1.165) is 11.1 Å². The molecule has 2 aliphatic heterocycles. The minimum Gasteiger partial charge on any atom is -0.507 e. The fourth-order valence-electron chi connectivity index (χ4n) is 3.84. The number of ether oxygens (including phenoxy) is 3. The number of hydrogen-bond donors (Lipinski definition) is 2. The number of esters is 1. The van der Waals surface area contributed by atoms with Crippen molar-refractivity contribution < 1.29 is 34.0 Å². The number of fused-ring (bicyclic) bond motifs is 1. The standard InChI is InChI=1S/C20H24O7/c1-10-15-9-27-20(24)16(15)17(21)13(18(10)25-3)5-4-12-6-7-26-8-14(12)11(2)19(22)23/h4,11,14,21H,5-9H2,1-3H3,(H,22,23)/b12-4+/t11-,14-/m0/s1. The van der Waals surface area contributed by atoms with Gasteiger partial charge >= 0.3 is 11.9 Å². The number of rotatable bonds is 5. The fraction of sp³-hybridized carbons (Fsp3) is 0.500. The lowest BCUT2D eigenvalue weighted by Gasteiger charge is -2.29. The maximum absolute atomic E-state index is 12.0. The molecule has 0 aromatic heterocycles. The highest BCUT2D eigenvalue weighted by Gasteiger charge is 2.33. The lowest BCUT2D eigenvalue weighted by Crippen LogP contribution is -2.30. The SMILES string of the molecule is COc1c(C)c2c(c(O)c1C/C=C1\CCOC[C@H]1[C@H](C)C(=O)O)C(=O)OC2. The second kappa shape index (κ2) is 7.60. The number of allylic oxidation sites excluding steroid dienone is 1. The zero-order chi connectivity index (χ0) is 19.7. The summed E-state index contributed by atoms with van der Waals surface area (Å²) in [6.45, 7) is 4.52. The Balaban J connectivity index is 1.99. The number of cyclic esters (lactones) is 1. The van der Waals surface area contributed by atoms with Crippen molar-refractivity contribution in [2.45, 2.75) is 33.3 Å². The van der Waals surface area contributed by atoms with Gasteiger partial charge in [-0.15, -0.1) is 0 Å². The van der Waals surface area contributed by atoms with Crippen LogP contribution in [-0.2, 0) is 27.3 Å². The molecule has 0 radical (unpaired) electrons. The van der Waals surface area contributed by atoms with Gasteiger partial charge < -0.3 is 24.4 Å². The molecule has 7 nitrogen and oxygen atoms in total. The molecule has 0 bridgehead atoms. The molecule has 2 aliphatic rings. The largest absolute Gasteiger partial charge is 0.507 e. The van der Waals surface area contributed by atoms with E-state index >= 15 is 0 Å². The number of benzene rings is 1. The third kappa shape index (κ3) is 3.39. The average Bonchev–Trinajstić information content (AvgIpc) is 3.05. The lowest BCUT2D eigenvalue weighted by molar-refractivity contribution is -0.143. The van der Waals surface area contributed by atoms with Gasteiger partial charge in [0.1, 0.15) is 23.7 Å². The van der Waals surface area contributed by atoms with Crippen LogP contribution in [-0.4, -0.2) is 42.5 Å². The van der Waals surface area contributed by atoms with Crippen LogP contribution in [0.25, 0.3) is 0 Å². The summed E-state index contributed by atoms with van der Waals surface area (Å²) in [5, 5.41) is 20.0. The van der Waals surface area contributed by atoms with E-state index in [-0.39, 0.29) is 23.8 Å². The molecule has 0 unspecified atom stereocenters. The Kier molecular flexibility index (Phi) is 5.41. The Morgan fingerprint density at radius 2 is 2.19 bits per heavy atom. The molecule has 0 saturated carbocycles. The minimum absolute atomic E-state index is 0.123. The number of phenols is 1. The van der Waals surface area contributed by atoms with E-state index in [2.05, 4.69) is 0 Å². The second-order valence-corrected chi connectivity index (χ2v) is 6.96. The van der Waals surface area contributed by atoms with Gasteiger partial charge in [0.2, 0.25) is 0 Å². The second-order valence-electron chi connectivity index (χ2n) is 6.96.